The normalized spacial score (nSPS) is 14.3. The van der Waals surface area contributed by atoms with Crippen LogP contribution in [-0.2, 0) is 10.8 Å². The Balaban J connectivity index is 1.09. The number of fused-ring (bicyclic) bond motifs is 11. The van der Waals surface area contributed by atoms with Gasteiger partial charge in [0.05, 0.1) is 11.1 Å². The van der Waals surface area contributed by atoms with Crippen molar-refractivity contribution in [3.63, 3.8) is 0 Å². The van der Waals surface area contributed by atoms with E-state index in [1.165, 1.54) is 72.0 Å². The lowest BCUT2D eigenvalue weighted by Crippen LogP contribution is -2.18. The summed E-state index contributed by atoms with van der Waals surface area (Å²) in [6, 6.07) is 69.2. The first kappa shape index (κ1) is 34.8. The van der Waals surface area contributed by atoms with E-state index in [2.05, 4.69) is 221 Å². The van der Waals surface area contributed by atoms with Crippen LogP contribution in [0.5, 0.6) is 0 Å². The molecule has 2 heteroatoms. The van der Waals surface area contributed by atoms with Crippen LogP contribution in [0.25, 0.3) is 77.2 Å². The van der Waals surface area contributed by atoms with Gasteiger partial charge in [0, 0.05) is 27.6 Å². The number of furan rings is 1. The molecule has 2 nitrogen and oxygen atoms in total. The van der Waals surface area contributed by atoms with E-state index < -0.39 is 0 Å². The maximum Gasteiger partial charge on any atom is 0.137 e. The summed E-state index contributed by atoms with van der Waals surface area (Å²) in [5.41, 5.74) is 20.3. The van der Waals surface area contributed by atoms with Crippen LogP contribution >= 0.6 is 0 Å². The first-order valence-corrected chi connectivity index (χ1v) is 21.1. The Morgan fingerprint density at radius 3 is 1.50 bits per heavy atom. The molecular formula is C58H43NO. The number of hydrogen-bond acceptors (Lipinski definition) is 2. The first-order chi connectivity index (χ1) is 29.3. The van der Waals surface area contributed by atoms with Crippen LogP contribution in [0.3, 0.4) is 0 Å². The van der Waals surface area contributed by atoms with Gasteiger partial charge in [0.25, 0.3) is 0 Å². The van der Waals surface area contributed by atoms with Crippen LogP contribution in [0.2, 0.25) is 0 Å². The summed E-state index contributed by atoms with van der Waals surface area (Å²) in [6.07, 6.45) is 0. The average molecular weight is 770 g/mol. The van der Waals surface area contributed by atoms with Gasteiger partial charge >= 0.3 is 0 Å². The highest BCUT2D eigenvalue weighted by molar-refractivity contribution is 6.25. The van der Waals surface area contributed by atoms with Gasteiger partial charge < -0.3 is 9.32 Å². The molecule has 286 valence electrons. The molecule has 0 fully saturated rings. The molecule has 12 rings (SSSR count). The Morgan fingerprint density at radius 2 is 0.867 bits per heavy atom. The van der Waals surface area contributed by atoms with E-state index in [-0.39, 0.29) is 10.8 Å². The molecule has 0 amide bonds. The van der Waals surface area contributed by atoms with Crippen LogP contribution in [0.1, 0.15) is 49.9 Å². The zero-order chi connectivity index (χ0) is 40.3. The lowest BCUT2D eigenvalue weighted by atomic mass is 9.82. The fourth-order valence-corrected chi connectivity index (χ4v) is 10.7. The Bertz CT molecular complexity index is 3260. The summed E-state index contributed by atoms with van der Waals surface area (Å²) < 4.78 is 6.95. The fourth-order valence-electron chi connectivity index (χ4n) is 10.7. The third-order valence-corrected chi connectivity index (χ3v) is 13.7. The maximum absolute atomic E-state index is 6.95. The fraction of sp³-hybridized carbons (Fsp3) is 0.103. The lowest BCUT2D eigenvalue weighted by Gasteiger charge is -2.30. The van der Waals surface area contributed by atoms with Gasteiger partial charge in [0.15, 0.2) is 0 Å². The SMILES string of the molecule is CC1(C)c2ccccc2-c2ccc(N(c3ccc4c(c3)C(C)(C)c3ccccc3-4)c3cccc4oc5cc(-c6ccc(-c7ccccc7)cc6)c6ccccc6c5c34)cc21. The molecule has 0 unspecified atom stereocenters. The zero-order valence-corrected chi connectivity index (χ0v) is 34.3. The molecule has 2 aliphatic carbocycles. The highest BCUT2D eigenvalue weighted by atomic mass is 16.3. The van der Waals surface area contributed by atoms with Crippen LogP contribution in [0.15, 0.2) is 192 Å². The molecule has 60 heavy (non-hydrogen) atoms. The lowest BCUT2D eigenvalue weighted by molar-refractivity contribution is 0.660. The minimum absolute atomic E-state index is 0.143. The van der Waals surface area contributed by atoms with E-state index >= 15 is 0 Å². The van der Waals surface area contributed by atoms with Crippen molar-refractivity contribution in [3.8, 4) is 44.5 Å². The van der Waals surface area contributed by atoms with Crippen molar-refractivity contribution < 1.29 is 4.42 Å². The molecule has 0 aliphatic heterocycles. The smallest absolute Gasteiger partial charge is 0.137 e. The van der Waals surface area contributed by atoms with Crippen LogP contribution in [-0.4, -0.2) is 0 Å². The van der Waals surface area contributed by atoms with E-state index in [1.54, 1.807) is 0 Å². The molecule has 0 saturated heterocycles. The number of benzene rings is 9. The van der Waals surface area contributed by atoms with E-state index in [9.17, 15) is 0 Å². The minimum atomic E-state index is -0.143. The zero-order valence-electron chi connectivity index (χ0n) is 34.3. The number of hydrogen-bond donors (Lipinski definition) is 0. The van der Waals surface area contributed by atoms with Gasteiger partial charge in [0.1, 0.15) is 11.2 Å². The molecule has 1 heterocycles. The van der Waals surface area contributed by atoms with Gasteiger partial charge in [-0.15, -0.1) is 0 Å². The molecule has 10 aromatic rings. The summed E-state index contributed by atoms with van der Waals surface area (Å²) in [4.78, 5) is 2.49. The monoisotopic (exact) mass is 769 g/mol. The molecule has 0 bridgehead atoms. The van der Waals surface area contributed by atoms with Gasteiger partial charge in [-0.05, 0) is 120 Å². The summed E-state index contributed by atoms with van der Waals surface area (Å²) in [5, 5.41) is 4.63. The van der Waals surface area contributed by atoms with E-state index in [0.29, 0.717) is 0 Å². The molecule has 0 atom stereocenters. The van der Waals surface area contributed by atoms with Gasteiger partial charge in [0.2, 0.25) is 0 Å². The maximum atomic E-state index is 6.95. The summed E-state index contributed by atoms with van der Waals surface area (Å²) in [7, 11) is 0. The van der Waals surface area contributed by atoms with Crippen molar-refractivity contribution >= 4 is 49.8 Å². The highest BCUT2D eigenvalue weighted by Gasteiger charge is 2.38. The van der Waals surface area contributed by atoms with Crippen molar-refractivity contribution in [1.82, 2.24) is 0 Å². The summed E-state index contributed by atoms with van der Waals surface area (Å²) >= 11 is 0. The second kappa shape index (κ2) is 12.7. The molecule has 0 radical (unpaired) electrons. The van der Waals surface area contributed by atoms with Crippen LogP contribution < -0.4 is 4.90 Å². The van der Waals surface area contributed by atoms with E-state index in [0.717, 1.165) is 44.6 Å². The highest BCUT2D eigenvalue weighted by Crippen LogP contribution is 2.54. The second-order valence-corrected chi connectivity index (χ2v) is 17.7. The van der Waals surface area contributed by atoms with Gasteiger partial charge in [-0.2, -0.15) is 0 Å². The molecule has 9 aromatic carbocycles. The van der Waals surface area contributed by atoms with Crippen molar-refractivity contribution in [1.29, 1.82) is 0 Å². The summed E-state index contributed by atoms with van der Waals surface area (Å²) in [5.74, 6) is 0. The predicted octanol–water partition coefficient (Wildman–Crippen LogP) is 16.2. The number of rotatable bonds is 5. The van der Waals surface area contributed by atoms with Crippen molar-refractivity contribution in [3.05, 3.63) is 210 Å². The molecule has 2 aliphatic rings. The average Bonchev–Trinajstić information content (AvgIpc) is 3.87. The second-order valence-electron chi connectivity index (χ2n) is 17.7. The quantitative estimate of drug-likeness (QED) is 0.173. The Morgan fingerprint density at radius 1 is 0.350 bits per heavy atom. The Hall–Kier alpha value is -7.16. The standard InChI is InChI=1S/C58H43NO/c1-57(2)48-21-12-10-18-42(48)44-31-29-39(33-50(44)57)59(40-30-32-45-43-19-11-13-22-49(43)58(3,4)51(45)34-40)52-23-14-24-53-56(52)55-46-20-9-8-17-41(46)47(35-54(55)60-53)38-27-25-37(26-28-38)36-15-6-5-7-16-36/h5-35H,1-4H3. The molecule has 1 aromatic heterocycles. The Kier molecular flexibility index (Phi) is 7.36. The number of nitrogens with zero attached hydrogens (tertiary/aromatic N) is 1. The van der Waals surface area contributed by atoms with Crippen LogP contribution in [0, 0.1) is 0 Å². The molecule has 0 N–H and O–H groups in total. The van der Waals surface area contributed by atoms with Gasteiger partial charge in [-0.3, -0.25) is 0 Å². The third-order valence-electron chi connectivity index (χ3n) is 13.7. The topological polar surface area (TPSA) is 16.4 Å². The third kappa shape index (κ3) is 4.94. The molecule has 0 spiro atoms. The first-order valence-electron chi connectivity index (χ1n) is 21.1. The molecule has 0 saturated carbocycles. The van der Waals surface area contributed by atoms with E-state index in [1.807, 2.05) is 0 Å². The van der Waals surface area contributed by atoms with Crippen LogP contribution in [0.4, 0.5) is 17.1 Å². The van der Waals surface area contributed by atoms with Crippen molar-refractivity contribution in [2.45, 2.75) is 38.5 Å². The van der Waals surface area contributed by atoms with Crippen molar-refractivity contribution in [2.24, 2.45) is 0 Å². The Labute approximate surface area is 351 Å². The molecular weight excluding hydrogens is 727 g/mol. The largest absolute Gasteiger partial charge is 0.456 e. The predicted molar refractivity (Wildman–Crippen MR) is 252 cm³/mol. The summed E-state index contributed by atoms with van der Waals surface area (Å²) in [6.45, 7) is 9.46. The number of anilines is 3. The van der Waals surface area contributed by atoms with Crippen molar-refractivity contribution in [2.75, 3.05) is 4.90 Å². The van der Waals surface area contributed by atoms with E-state index in [4.69, 9.17) is 4.42 Å². The minimum Gasteiger partial charge on any atom is -0.456 e. The van der Waals surface area contributed by atoms with Gasteiger partial charge in [-0.25, -0.2) is 0 Å². The van der Waals surface area contributed by atoms with Gasteiger partial charge in [-0.1, -0.05) is 173 Å².